The average Bonchev–Trinajstić information content (AvgIpc) is 2.72. The lowest BCUT2D eigenvalue weighted by atomic mass is 10.3. The number of nitrogens with zero attached hydrogens (tertiary/aromatic N) is 2. The van der Waals surface area contributed by atoms with Crippen LogP contribution in [0.25, 0.3) is 0 Å². The van der Waals surface area contributed by atoms with Crippen molar-refractivity contribution in [3.63, 3.8) is 0 Å². The number of nitrogens with one attached hydrogen (secondary N) is 1. The molecule has 1 aromatic carbocycles. The van der Waals surface area contributed by atoms with Crippen LogP contribution in [0.3, 0.4) is 0 Å². The van der Waals surface area contributed by atoms with E-state index >= 15 is 0 Å². The molecule has 6 nitrogen and oxygen atoms in total. The molecule has 21 heavy (non-hydrogen) atoms. The highest BCUT2D eigenvalue weighted by atomic mass is 32.2. The van der Waals surface area contributed by atoms with E-state index in [-0.39, 0.29) is 5.82 Å². The Balaban J connectivity index is 2.36. The predicted molar refractivity (Wildman–Crippen MR) is 67.1 cm³/mol. The maximum Gasteiger partial charge on any atom is 0.573 e. The number of aryl methyl sites for hydroxylation is 1. The Morgan fingerprint density at radius 2 is 1.90 bits per heavy atom. The molecule has 0 radical (unpaired) electrons. The highest BCUT2D eigenvalue weighted by Crippen LogP contribution is 2.30. The van der Waals surface area contributed by atoms with E-state index in [1.165, 1.54) is 29.1 Å². The minimum Gasteiger partial charge on any atom is -0.404 e. The molecule has 0 fully saturated rings. The van der Waals surface area contributed by atoms with Gasteiger partial charge in [0, 0.05) is 19.3 Å². The number of halogens is 3. The van der Waals surface area contributed by atoms with Gasteiger partial charge in [-0.05, 0) is 12.1 Å². The van der Waals surface area contributed by atoms with Crippen molar-refractivity contribution in [2.45, 2.75) is 11.3 Å². The summed E-state index contributed by atoms with van der Waals surface area (Å²) in [5, 5.41) is 3.79. The number of anilines is 1. The number of hydrogen-bond donors (Lipinski definition) is 1. The molecule has 0 bridgehead atoms. The van der Waals surface area contributed by atoms with Crippen molar-refractivity contribution in [3.05, 3.63) is 36.5 Å². The summed E-state index contributed by atoms with van der Waals surface area (Å²) in [7, 11) is -2.69. The lowest BCUT2D eigenvalue weighted by Crippen LogP contribution is -2.21. The molecule has 1 heterocycles. The van der Waals surface area contributed by atoms with Crippen LogP contribution in [0.5, 0.6) is 5.75 Å². The maximum atomic E-state index is 12.3. The Morgan fingerprint density at radius 1 is 1.24 bits per heavy atom. The van der Waals surface area contributed by atoms with Crippen LogP contribution in [0.2, 0.25) is 0 Å². The Kier molecular flexibility index (Phi) is 3.81. The molecule has 1 aromatic heterocycles. The molecule has 10 heteroatoms. The van der Waals surface area contributed by atoms with Gasteiger partial charge in [-0.15, -0.1) is 13.2 Å². The van der Waals surface area contributed by atoms with Crippen molar-refractivity contribution in [2.24, 2.45) is 7.05 Å². The number of ether oxygens (including phenoxy) is 1. The molecule has 0 unspecified atom stereocenters. The van der Waals surface area contributed by atoms with Crippen molar-refractivity contribution in [1.82, 2.24) is 9.78 Å². The molecule has 0 amide bonds. The van der Waals surface area contributed by atoms with Crippen molar-refractivity contribution in [1.29, 1.82) is 0 Å². The largest absolute Gasteiger partial charge is 0.573 e. The summed E-state index contributed by atoms with van der Waals surface area (Å²) in [6.07, 6.45) is -3.51. The topological polar surface area (TPSA) is 73.2 Å². The molecule has 0 aliphatic carbocycles. The Hall–Kier alpha value is -2.23. The molecule has 0 aliphatic rings. The van der Waals surface area contributed by atoms with Crippen LogP contribution in [0, 0.1) is 0 Å². The van der Waals surface area contributed by atoms with Crippen molar-refractivity contribution >= 4 is 15.8 Å². The van der Waals surface area contributed by atoms with E-state index in [9.17, 15) is 21.6 Å². The first-order valence-electron chi connectivity index (χ1n) is 5.55. The zero-order valence-electron chi connectivity index (χ0n) is 10.6. The van der Waals surface area contributed by atoms with E-state index in [2.05, 4.69) is 14.6 Å². The maximum absolute atomic E-state index is 12.3. The van der Waals surface area contributed by atoms with Crippen molar-refractivity contribution in [2.75, 3.05) is 4.72 Å². The molecule has 2 aromatic rings. The first kappa shape index (κ1) is 15.2. The molecule has 2 rings (SSSR count). The Bertz CT molecular complexity index is 740. The molecule has 0 saturated heterocycles. The zero-order valence-corrected chi connectivity index (χ0v) is 11.4. The molecule has 114 valence electrons. The number of benzene rings is 1. The van der Waals surface area contributed by atoms with Gasteiger partial charge >= 0.3 is 6.36 Å². The second kappa shape index (κ2) is 5.28. The smallest absolute Gasteiger partial charge is 0.404 e. The highest BCUT2D eigenvalue weighted by Gasteiger charge is 2.34. The molecule has 0 spiro atoms. The molecule has 0 aliphatic heterocycles. The minimum atomic E-state index is -4.99. The fourth-order valence-corrected chi connectivity index (χ4v) is 2.67. The SMILES string of the molecule is Cn1ccc(NS(=O)(=O)c2ccccc2OC(F)(F)F)n1. The first-order valence-corrected chi connectivity index (χ1v) is 7.03. The Morgan fingerprint density at radius 3 is 2.48 bits per heavy atom. The highest BCUT2D eigenvalue weighted by molar-refractivity contribution is 7.92. The molecular weight excluding hydrogens is 311 g/mol. The number of hydrogen-bond acceptors (Lipinski definition) is 4. The summed E-state index contributed by atoms with van der Waals surface area (Å²) < 4.78 is 68.2. The fraction of sp³-hybridized carbons (Fsp3) is 0.182. The van der Waals surface area contributed by atoms with Crippen LogP contribution in [0.4, 0.5) is 19.0 Å². The third kappa shape index (κ3) is 3.88. The summed E-state index contributed by atoms with van der Waals surface area (Å²) in [4.78, 5) is -0.632. The van der Waals surface area contributed by atoms with Crippen LogP contribution in [-0.2, 0) is 17.1 Å². The van der Waals surface area contributed by atoms with Crippen LogP contribution in [-0.4, -0.2) is 24.6 Å². The van der Waals surface area contributed by atoms with Crippen molar-refractivity contribution < 1.29 is 26.3 Å². The third-order valence-electron chi connectivity index (χ3n) is 2.32. The van der Waals surface area contributed by atoms with Crippen LogP contribution in [0.15, 0.2) is 41.4 Å². The molecule has 1 N–H and O–H groups in total. The normalized spacial score (nSPS) is 12.2. The number of rotatable bonds is 4. The second-order valence-corrected chi connectivity index (χ2v) is 5.63. The van der Waals surface area contributed by atoms with Gasteiger partial charge in [0.1, 0.15) is 10.6 Å². The summed E-state index contributed by atoms with van der Waals surface area (Å²) in [5.41, 5.74) is 0. The number of aromatic nitrogens is 2. The predicted octanol–water partition coefficient (Wildman–Crippen LogP) is 2.12. The summed E-state index contributed by atoms with van der Waals surface area (Å²) >= 11 is 0. The molecular formula is C11H10F3N3O3S. The number of para-hydroxylation sites is 1. The van der Waals surface area contributed by atoms with Gasteiger partial charge in [-0.2, -0.15) is 5.10 Å². The Labute approximate surface area is 118 Å². The quantitative estimate of drug-likeness (QED) is 0.936. The van der Waals surface area contributed by atoms with Gasteiger partial charge in [0.05, 0.1) is 0 Å². The monoisotopic (exact) mass is 321 g/mol. The average molecular weight is 321 g/mol. The summed E-state index contributed by atoms with van der Waals surface area (Å²) in [5.74, 6) is -0.826. The number of sulfonamides is 1. The lowest BCUT2D eigenvalue weighted by Gasteiger charge is -2.13. The van der Waals surface area contributed by atoms with E-state index < -0.39 is 27.0 Å². The second-order valence-electron chi connectivity index (χ2n) is 3.97. The number of alkyl halides is 3. The van der Waals surface area contributed by atoms with E-state index in [0.717, 1.165) is 12.1 Å². The summed E-state index contributed by atoms with van der Waals surface area (Å²) in [6.45, 7) is 0. The van der Waals surface area contributed by atoms with Gasteiger partial charge in [-0.25, -0.2) is 8.42 Å². The zero-order chi connectivity index (χ0) is 15.7. The fourth-order valence-electron chi connectivity index (χ4n) is 1.54. The summed E-state index contributed by atoms with van der Waals surface area (Å²) in [6, 6.07) is 5.81. The van der Waals surface area contributed by atoms with Crippen LogP contribution >= 0.6 is 0 Å². The standard InChI is InChI=1S/C11H10F3N3O3S/c1-17-7-6-10(15-17)16-21(18,19)9-5-3-2-4-8(9)20-11(12,13)14/h2-7H,1H3,(H,15,16). The van der Waals surface area contributed by atoms with Gasteiger partial charge in [0.25, 0.3) is 10.0 Å². The lowest BCUT2D eigenvalue weighted by molar-refractivity contribution is -0.275. The minimum absolute atomic E-state index is 0.0145. The third-order valence-corrected chi connectivity index (χ3v) is 3.71. The van der Waals surface area contributed by atoms with E-state index in [1.807, 2.05) is 0 Å². The van der Waals surface area contributed by atoms with Gasteiger partial charge < -0.3 is 4.74 Å². The molecule has 0 atom stereocenters. The van der Waals surface area contributed by atoms with Crippen LogP contribution in [0.1, 0.15) is 0 Å². The first-order chi connectivity index (χ1) is 9.67. The van der Waals surface area contributed by atoms with Gasteiger partial charge in [-0.1, -0.05) is 12.1 Å². The van der Waals surface area contributed by atoms with Crippen molar-refractivity contribution in [3.8, 4) is 5.75 Å². The van der Waals surface area contributed by atoms with E-state index in [1.54, 1.807) is 7.05 Å². The van der Waals surface area contributed by atoms with Crippen LogP contribution < -0.4 is 9.46 Å². The van der Waals surface area contributed by atoms with Gasteiger partial charge in [0.2, 0.25) is 0 Å². The van der Waals surface area contributed by atoms with E-state index in [4.69, 9.17) is 0 Å². The van der Waals surface area contributed by atoms with Gasteiger partial charge in [-0.3, -0.25) is 9.40 Å². The van der Waals surface area contributed by atoms with E-state index in [0.29, 0.717) is 0 Å². The molecule has 0 saturated carbocycles. The van der Waals surface area contributed by atoms with Gasteiger partial charge in [0.15, 0.2) is 5.82 Å².